The van der Waals surface area contributed by atoms with Crippen LogP contribution in [-0.2, 0) is 21.9 Å². The van der Waals surface area contributed by atoms with E-state index in [-0.39, 0.29) is 23.6 Å². The predicted octanol–water partition coefficient (Wildman–Crippen LogP) is 6.86. The van der Waals surface area contributed by atoms with Crippen LogP contribution >= 0.6 is 50.9 Å². The van der Waals surface area contributed by atoms with Gasteiger partial charge < -0.3 is 10.2 Å². The van der Waals surface area contributed by atoms with Crippen LogP contribution in [0.4, 0.5) is 0 Å². The molecular formula is C25H29BrCl2N2O2S. The first kappa shape index (κ1) is 26.4. The summed E-state index contributed by atoms with van der Waals surface area (Å²) in [5.41, 5.74) is 1.90. The van der Waals surface area contributed by atoms with Crippen LogP contribution in [-0.4, -0.2) is 34.6 Å². The van der Waals surface area contributed by atoms with Gasteiger partial charge in [-0.2, -0.15) is 0 Å². The predicted molar refractivity (Wildman–Crippen MR) is 142 cm³/mol. The highest BCUT2D eigenvalue weighted by atomic mass is 79.9. The molecule has 4 nitrogen and oxygen atoms in total. The number of benzene rings is 2. The second-order valence-corrected chi connectivity index (χ2v) is 11.1. The Morgan fingerprint density at radius 1 is 1.15 bits per heavy atom. The fourth-order valence-electron chi connectivity index (χ4n) is 3.95. The summed E-state index contributed by atoms with van der Waals surface area (Å²) >= 11 is 17.2. The Labute approximate surface area is 218 Å². The van der Waals surface area contributed by atoms with E-state index in [0.29, 0.717) is 22.3 Å². The van der Waals surface area contributed by atoms with E-state index in [1.165, 1.54) is 18.2 Å². The SMILES string of the molecule is C[C@H](C(=O)NC1CCCCC1)N(Cc1cccc(Br)c1)C(=O)CSCc1ccc(Cl)cc1Cl. The number of carbonyl (C=O) groups is 2. The van der Waals surface area contributed by atoms with Crippen molar-refractivity contribution in [3.63, 3.8) is 0 Å². The van der Waals surface area contributed by atoms with Gasteiger partial charge in [0.1, 0.15) is 6.04 Å². The number of hydrogen-bond acceptors (Lipinski definition) is 3. The van der Waals surface area contributed by atoms with Gasteiger partial charge in [0.05, 0.1) is 5.75 Å². The molecule has 0 saturated heterocycles. The number of thioether (sulfide) groups is 1. The van der Waals surface area contributed by atoms with Crippen LogP contribution in [0, 0.1) is 0 Å². The standard InChI is InChI=1S/C25H29BrCl2N2O2S/c1-17(25(32)29-22-8-3-2-4-9-22)30(14-18-6-5-7-20(26)12-18)24(31)16-33-15-19-10-11-21(27)13-23(19)28/h5-7,10-13,17,22H,2-4,8-9,14-16H2,1H3,(H,29,32)/t17-/m1/s1. The lowest BCUT2D eigenvalue weighted by Gasteiger charge is -2.31. The van der Waals surface area contributed by atoms with Crippen molar-refractivity contribution in [2.45, 2.75) is 63.4 Å². The molecule has 0 spiro atoms. The molecule has 8 heteroatoms. The summed E-state index contributed by atoms with van der Waals surface area (Å²) in [5.74, 6) is 0.690. The maximum Gasteiger partial charge on any atom is 0.242 e. The maximum atomic E-state index is 13.3. The van der Waals surface area contributed by atoms with E-state index < -0.39 is 6.04 Å². The van der Waals surface area contributed by atoms with Gasteiger partial charge in [-0.1, -0.05) is 76.6 Å². The zero-order chi connectivity index (χ0) is 23.8. The molecule has 2 aromatic carbocycles. The van der Waals surface area contributed by atoms with Crippen molar-refractivity contribution in [1.29, 1.82) is 0 Å². The first-order chi connectivity index (χ1) is 15.8. The number of rotatable bonds is 9. The zero-order valence-corrected chi connectivity index (χ0v) is 22.6. The number of nitrogens with zero attached hydrogens (tertiary/aromatic N) is 1. The average Bonchev–Trinajstić information content (AvgIpc) is 2.79. The number of nitrogens with one attached hydrogen (secondary N) is 1. The molecule has 0 bridgehead atoms. The molecule has 0 heterocycles. The van der Waals surface area contributed by atoms with Crippen molar-refractivity contribution < 1.29 is 9.59 Å². The van der Waals surface area contributed by atoms with Crippen LogP contribution in [0.3, 0.4) is 0 Å². The molecule has 0 aliphatic heterocycles. The lowest BCUT2D eigenvalue weighted by atomic mass is 9.95. The van der Waals surface area contributed by atoms with E-state index >= 15 is 0 Å². The summed E-state index contributed by atoms with van der Waals surface area (Å²) in [4.78, 5) is 28.0. The second-order valence-electron chi connectivity index (χ2n) is 8.40. The van der Waals surface area contributed by atoms with Gasteiger partial charge >= 0.3 is 0 Å². The zero-order valence-electron chi connectivity index (χ0n) is 18.7. The summed E-state index contributed by atoms with van der Waals surface area (Å²) < 4.78 is 0.943. The highest BCUT2D eigenvalue weighted by Crippen LogP contribution is 2.25. The minimum atomic E-state index is -0.557. The first-order valence-electron chi connectivity index (χ1n) is 11.2. The molecule has 0 radical (unpaired) electrons. The highest BCUT2D eigenvalue weighted by molar-refractivity contribution is 9.10. The number of amides is 2. The largest absolute Gasteiger partial charge is 0.352 e. The van der Waals surface area contributed by atoms with E-state index in [4.69, 9.17) is 23.2 Å². The molecule has 1 aliphatic carbocycles. The molecule has 1 saturated carbocycles. The van der Waals surface area contributed by atoms with Crippen molar-refractivity contribution in [1.82, 2.24) is 10.2 Å². The van der Waals surface area contributed by atoms with Gasteiger partial charge in [-0.3, -0.25) is 9.59 Å². The number of halogens is 3. The normalized spacial score (nSPS) is 15.2. The average molecular weight is 572 g/mol. The monoisotopic (exact) mass is 570 g/mol. The van der Waals surface area contributed by atoms with Gasteiger partial charge in [0, 0.05) is 32.9 Å². The number of hydrogen-bond donors (Lipinski definition) is 1. The number of carbonyl (C=O) groups excluding carboxylic acids is 2. The van der Waals surface area contributed by atoms with Crippen molar-refractivity contribution in [3.8, 4) is 0 Å². The molecule has 1 fully saturated rings. The Morgan fingerprint density at radius 2 is 1.91 bits per heavy atom. The quantitative estimate of drug-likeness (QED) is 0.358. The summed E-state index contributed by atoms with van der Waals surface area (Å²) in [5, 5.41) is 4.34. The molecule has 33 heavy (non-hydrogen) atoms. The van der Waals surface area contributed by atoms with Crippen LogP contribution in [0.2, 0.25) is 10.0 Å². The second kappa shape index (κ2) is 13.0. The molecule has 3 rings (SSSR count). The lowest BCUT2D eigenvalue weighted by molar-refractivity contribution is -0.139. The molecule has 2 amide bonds. The van der Waals surface area contributed by atoms with Crippen molar-refractivity contribution >= 4 is 62.7 Å². The Bertz CT molecular complexity index is 969. The van der Waals surface area contributed by atoms with E-state index in [1.54, 1.807) is 17.0 Å². The summed E-state index contributed by atoms with van der Waals surface area (Å²) in [6.45, 7) is 2.19. The Kier molecular flexibility index (Phi) is 10.4. The third-order valence-electron chi connectivity index (χ3n) is 5.86. The topological polar surface area (TPSA) is 49.4 Å². The molecule has 178 valence electrons. The minimum Gasteiger partial charge on any atom is -0.352 e. The minimum absolute atomic E-state index is 0.0728. The molecule has 2 aromatic rings. The Morgan fingerprint density at radius 3 is 2.61 bits per heavy atom. The third-order valence-corrected chi connectivity index (χ3v) is 7.91. The van der Waals surface area contributed by atoms with Gasteiger partial charge in [0.2, 0.25) is 11.8 Å². The summed E-state index contributed by atoms with van der Waals surface area (Å²) in [6, 6.07) is 12.9. The molecule has 1 aliphatic rings. The Balaban J connectivity index is 1.66. The van der Waals surface area contributed by atoms with E-state index in [1.807, 2.05) is 37.3 Å². The van der Waals surface area contributed by atoms with E-state index in [0.717, 1.165) is 41.3 Å². The van der Waals surface area contributed by atoms with Crippen LogP contribution in [0.25, 0.3) is 0 Å². The van der Waals surface area contributed by atoms with Crippen molar-refractivity contribution in [3.05, 3.63) is 68.1 Å². The van der Waals surface area contributed by atoms with Crippen LogP contribution in [0.15, 0.2) is 46.9 Å². The van der Waals surface area contributed by atoms with Gasteiger partial charge in [-0.15, -0.1) is 11.8 Å². The van der Waals surface area contributed by atoms with Gasteiger partial charge in [-0.05, 0) is 55.2 Å². The summed E-state index contributed by atoms with van der Waals surface area (Å²) in [7, 11) is 0. The van der Waals surface area contributed by atoms with E-state index in [9.17, 15) is 9.59 Å². The fraction of sp³-hybridized carbons (Fsp3) is 0.440. The summed E-state index contributed by atoms with van der Waals surface area (Å²) in [6.07, 6.45) is 5.53. The molecule has 0 aromatic heterocycles. The third kappa shape index (κ3) is 8.20. The van der Waals surface area contributed by atoms with Crippen LogP contribution < -0.4 is 5.32 Å². The molecule has 1 atom stereocenters. The Hall–Kier alpha value is -1.21. The van der Waals surface area contributed by atoms with Crippen molar-refractivity contribution in [2.24, 2.45) is 0 Å². The fourth-order valence-corrected chi connectivity index (χ4v) is 5.87. The highest BCUT2D eigenvalue weighted by Gasteiger charge is 2.28. The van der Waals surface area contributed by atoms with Crippen molar-refractivity contribution in [2.75, 3.05) is 5.75 Å². The van der Waals surface area contributed by atoms with Crippen LogP contribution in [0.5, 0.6) is 0 Å². The molecular weight excluding hydrogens is 543 g/mol. The van der Waals surface area contributed by atoms with Gasteiger partial charge in [0.15, 0.2) is 0 Å². The maximum absolute atomic E-state index is 13.3. The molecule has 0 unspecified atom stereocenters. The van der Waals surface area contributed by atoms with E-state index in [2.05, 4.69) is 21.2 Å². The molecule has 1 N–H and O–H groups in total. The smallest absolute Gasteiger partial charge is 0.242 e. The van der Waals surface area contributed by atoms with Gasteiger partial charge in [-0.25, -0.2) is 0 Å². The first-order valence-corrected chi connectivity index (χ1v) is 13.9. The lowest BCUT2D eigenvalue weighted by Crippen LogP contribution is -2.50. The van der Waals surface area contributed by atoms with Gasteiger partial charge in [0.25, 0.3) is 0 Å². The van der Waals surface area contributed by atoms with Crippen LogP contribution in [0.1, 0.15) is 50.2 Å².